The monoisotopic (exact) mass is 247 g/mol. The molecule has 0 spiro atoms. The van der Waals surface area contributed by atoms with Crippen molar-refractivity contribution in [3.8, 4) is 5.75 Å². The number of nitrogens with zero attached hydrogens (tertiary/aromatic N) is 2. The van der Waals surface area contributed by atoms with E-state index in [2.05, 4.69) is 34.8 Å². The molecule has 3 rings (SSSR count). The van der Waals surface area contributed by atoms with E-state index in [1.165, 1.54) is 17.1 Å². The summed E-state index contributed by atoms with van der Waals surface area (Å²) in [6.07, 6.45) is 1.74. The first-order valence-corrected chi connectivity index (χ1v) is 6.26. The predicted octanol–water partition coefficient (Wildman–Crippen LogP) is 2.86. The Morgan fingerprint density at radius 3 is 2.94 bits per heavy atom. The van der Waals surface area contributed by atoms with E-state index in [1.807, 2.05) is 18.2 Å². The molecule has 4 nitrogen and oxygen atoms in total. The lowest BCUT2D eigenvalue weighted by molar-refractivity contribution is 0.118. The van der Waals surface area contributed by atoms with Gasteiger partial charge in [-0.2, -0.15) is 0 Å². The summed E-state index contributed by atoms with van der Waals surface area (Å²) in [6.45, 7) is 4.16. The Morgan fingerprint density at radius 2 is 2.18 bits per heavy atom. The molecule has 17 heavy (non-hydrogen) atoms. The van der Waals surface area contributed by atoms with Gasteiger partial charge in [0.1, 0.15) is 16.4 Å². The quantitative estimate of drug-likeness (QED) is 0.886. The molecule has 0 saturated heterocycles. The summed E-state index contributed by atoms with van der Waals surface area (Å²) >= 11 is 1.36. The number of aromatic nitrogens is 2. The summed E-state index contributed by atoms with van der Waals surface area (Å²) < 4.78 is 9.81. The molecule has 0 aliphatic carbocycles. The van der Waals surface area contributed by atoms with Gasteiger partial charge >= 0.3 is 0 Å². The van der Waals surface area contributed by atoms with Crippen molar-refractivity contribution in [3.05, 3.63) is 36.0 Å². The van der Waals surface area contributed by atoms with Crippen LogP contribution in [0.4, 0.5) is 5.00 Å². The third kappa shape index (κ3) is 1.76. The van der Waals surface area contributed by atoms with Gasteiger partial charge < -0.3 is 10.1 Å². The fourth-order valence-corrected chi connectivity index (χ4v) is 2.60. The Kier molecular flexibility index (Phi) is 2.29. The van der Waals surface area contributed by atoms with Gasteiger partial charge in [0.2, 0.25) is 0 Å². The first kappa shape index (κ1) is 10.5. The molecular formula is C12H13N3OS. The van der Waals surface area contributed by atoms with E-state index < -0.39 is 0 Å². The molecular weight excluding hydrogens is 234 g/mol. The van der Waals surface area contributed by atoms with E-state index in [-0.39, 0.29) is 11.6 Å². The minimum absolute atomic E-state index is 0.126. The van der Waals surface area contributed by atoms with Crippen LogP contribution in [-0.2, 0) is 0 Å². The van der Waals surface area contributed by atoms with Gasteiger partial charge in [-0.25, -0.2) is 0 Å². The zero-order valence-corrected chi connectivity index (χ0v) is 10.5. The van der Waals surface area contributed by atoms with E-state index in [9.17, 15) is 0 Å². The van der Waals surface area contributed by atoms with Gasteiger partial charge in [-0.1, -0.05) is 22.7 Å². The van der Waals surface area contributed by atoms with E-state index in [0.29, 0.717) is 0 Å². The molecule has 1 aliphatic rings. The average molecular weight is 247 g/mol. The lowest BCUT2D eigenvalue weighted by atomic mass is 9.95. The summed E-state index contributed by atoms with van der Waals surface area (Å²) in [5.74, 6) is 0.951. The minimum Gasteiger partial charge on any atom is -0.485 e. The topological polar surface area (TPSA) is 47.0 Å². The molecule has 5 heteroatoms. The number of para-hydroxylation sites is 1. The van der Waals surface area contributed by atoms with Crippen LogP contribution < -0.4 is 10.1 Å². The SMILES string of the molecule is CC1(C)Oc2ccccc2C1Nc1cnns1. The molecule has 1 aromatic carbocycles. The predicted molar refractivity (Wildman–Crippen MR) is 67.4 cm³/mol. The van der Waals surface area contributed by atoms with E-state index in [4.69, 9.17) is 4.74 Å². The highest BCUT2D eigenvalue weighted by Gasteiger charge is 2.41. The standard InChI is InChI=1S/C12H13N3OS/c1-12(2)11(14-10-7-13-15-17-10)8-5-3-4-6-9(8)16-12/h3-7,11,14H,1-2H3. The van der Waals surface area contributed by atoms with Crippen molar-refractivity contribution in [3.63, 3.8) is 0 Å². The van der Waals surface area contributed by atoms with Crippen LogP contribution >= 0.6 is 11.5 Å². The summed E-state index contributed by atoms with van der Waals surface area (Å²) in [5, 5.41) is 8.23. The molecule has 0 bridgehead atoms. The van der Waals surface area contributed by atoms with Gasteiger partial charge in [-0.15, -0.1) is 5.10 Å². The maximum atomic E-state index is 5.96. The largest absolute Gasteiger partial charge is 0.485 e. The van der Waals surface area contributed by atoms with Crippen molar-refractivity contribution in [1.29, 1.82) is 0 Å². The highest BCUT2D eigenvalue weighted by Crippen LogP contribution is 2.44. The second-order valence-corrected chi connectivity index (χ2v) is 5.39. The van der Waals surface area contributed by atoms with E-state index >= 15 is 0 Å². The number of nitrogens with one attached hydrogen (secondary N) is 1. The Labute approximate surface area is 104 Å². The molecule has 1 N–H and O–H groups in total. The van der Waals surface area contributed by atoms with Crippen LogP contribution in [-0.4, -0.2) is 15.2 Å². The molecule has 1 atom stereocenters. The summed E-state index contributed by atoms with van der Waals surface area (Å²) in [4.78, 5) is 0. The van der Waals surface area contributed by atoms with Gasteiger partial charge in [0.05, 0.1) is 12.2 Å². The lowest BCUT2D eigenvalue weighted by Crippen LogP contribution is -2.34. The van der Waals surface area contributed by atoms with Crippen LogP contribution in [0, 0.1) is 0 Å². The van der Waals surface area contributed by atoms with Crippen molar-refractivity contribution < 1.29 is 4.74 Å². The second-order valence-electron chi connectivity index (χ2n) is 4.60. The number of benzene rings is 1. The zero-order valence-electron chi connectivity index (χ0n) is 9.68. The first-order chi connectivity index (χ1) is 8.17. The summed E-state index contributed by atoms with van der Waals surface area (Å²) in [5.41, 5.74) is 0.916. The summed E-state index contributed by atoms with van der Waals surface area (Å²) in [6, 6.07) is 8.25. The summed E-state index contributed by atoms with van der Waals surface area (Å²) in [7, 11) is 0. The highest BCUT2D eigenvalue weighted by atomic mass is 32.1. The fraction of sp³-hybridized carbons (Fsp3) is 0.333. The molecule has 0 radical (unpaired) electrons. The van der Waals surface area contributed by atoms with E-state index in [1.54, 1.807) is 6.20 Å². The van der Waals surface area contributed by atoms with Gasteiger partial charge in [0.25, 0.3) is 0 Å². The van der Waals surface area contributed by atoms with Gasteiger partial charge in [-0.05, 0) is 19.9 Å². The van der Waals surface area contributed by atoms with Crippen LogP contribution in [0.25, 0.3) is 0 Å². The molecule has 2 heterocycles. The van der Waals surface area contributed by atoms with Gasteiger partial charge in [-0.3, -0.25) is 0 Å². The van der Waals surface area contributed by atoms with Gasteiger partial charge in [0, 0.05) is 17.1 Å². The number of fused-ring (bicyclic) bond motifs is 1. The van der Waals surface area contributed by atoms with Crippen LogP contribution in [0.2, 0.25) is 0 Å². The lowest BCUT2D eigenvalue weighted by Gasteiger charge is -2.27. The zero-order chi connectivity index (χ0) is 11.9. The number of rotatable bonds is 2. The number of anilines is 1. The minimum atomic E-state index is -0.270. The molecule has 1 unspecified atom stereocenters. The van der Waals surface area contributed by atoms with Crippen molar-refractivity contribution in [2.45, 2.75) is 25.5 Å². The Hall–Kier alpha value is -1.62. The van der Waals surface area contributed by atoms with Crippen molar-refractivity contribution in [2.24, 2.45) is 0 Å². The number of hydrogen-bond donors (Lipinski definition) is 1. The van der Waals surface area contributed by atoms with Crippen LogP contribution in [0.5, 0.6) is 5.75 Å². The third-order valence-corrected chi connectivity index (χ3v) is 3.54. The number of hydrogen-bond acceptors (Lipinski definition) is 5. The molecule has 2 aromatic rings. The molecule has 1 aromatic heterocycles. The van der Waals surface area contributed by atoms with Crippen molar-refractivity contribution >= 4 is 16.5 Å². The fourth-order valence-electron chi connectivity index (χ4n) is 2.15. The van der Waals surface area contributed by atoms with Crippen LogP contribution in [0.15, 0.2) is 30.5 Å². The number of ether oxygens (including phenoxy) is 1. The smallest absolute Gasteiger partial charge is 0.130 e. The molecule has 0 amide bonds. The first-order valence-electron chi connectivity index (χ1n) is 5.49. The van der Waals surface area contributed by atoms with Crippen molar-refractivity contribution in [1.82, 2.24) is 9.59 Å². The highest BCUT2D eigenvalue weighted by molar-refractivity contribution is 7.09. The van der Waals surface area contributed by atoms with Gasteiger partial charge in [0.15, 0.2) is 0 Å². The molecule has 88 valence electrons. The maximum absolute atomic E-state index is 5.96. The average Bonchev–Trinajstić information content (AvgIpc) is 2.86. The second kappa shape index (κ2) is 3.70. The van der Waals surface area contributed by atoms with E-state index in [0.717, 1.165) is 10.8 Å². The molecule has 0 fully saturated rings. The Morgan fingerprint density at radius 1 is 1.35 bits per heavy atom. The molecule has 0 saturated carbocycles. The normalized spacial score (nSPS) is 20.7. The van der Waals surface area contributed by atoms with Crippen LogP contribution in [0.1, 0.15) is 25.5 Å². The Bertz CT molecular complexity index is 524. The van der Waals surface area contributed by atoms with Crippen molar-refractivity contribution in [2.75, 3.05) is 5.32 Å². The maximum Gasteiger partial charge on any atom is 0.130 e. The Balaban J connectivity index is 1.97. The van der Waals surface area contributed by atoms with Crippen LogP contribution in [0.3, 0.4) is 0 Å². The third-order valence-electron chi connectivity index (χ3n) is 2.95. The molecule has 1 aliphatic heterocycles.